The summed E-state index contributed by atoms with van der Waals surface area (Å²) in [6.45, 7) is 8.52. The Hall–Kier alpha value is -1.56. The highest BCUT2D eigenvalue weighted by atomic mass is 32.2. The number of sulfonamides is 1. The molecule has 0 spiro atoms. The molecule has 0 fully saturated rings. The average molecular weight is 326 g/mol. The minimum absolute atomic E-state index is 0.131. The van der Waals surface area contributed by atoms with Crippen LogP contribution in [0.3, 0.4) is 0 Å². The van der Waals surface area contributed by atoms with E-state index in [1.165, 1.54) is 10.6 Å². The van der Waals surface area contributed by atoms with Crippen molar-refractivity contribution < 1.29 is 13.2 Å². The van der Waals surface area contributed by atoms with Gasteiger partial charge in [0.25, 0.3) is 0 Å². The molecule has 1 aromatic rings. The smallest absolute Gasteiger partial charge is 0.232 e. The van der Waals surface area contributed by atoms with Crippen LogP contribution >= 0.6 is 0 Å². The number of nitrogens with zero attached hydrogens (tertiary/aromatic N) is 1. The highest BCUT2D eigenvalue weighted by molar-refractivity contribution is 7.92. The van der Waals surface area contributed by atoms with Crippen molar-refractivity contribution in [2.45, 2.75) is 34.1 Å². The van der Waals surface area contributed by atoms with Crippen LogP contribution in [0.25, 0.3) is 0 Å². The molecule has 0 aliphatic carbocycles. The first-order valence-corrected chi connectivity index (χ1v) is 9.28. The van der Waals surface area contributed by atoms with Gasteiger partial charge in [0.1, 0.15) is 0 Å². The SMILES string of the molecule is Cc1cccc(C)c1N(CCC(=O)NCC(C)C)S(C)(=O)=O. The molecule has 5 nitrogen and oxygen atoms in total. The summed E-state index contributed by atoms with van der Waals surface area (Å²) in [5.74, 6) is 0.238. The number of nitrogens with one attached hydrogen (secondary N) is 1. The van der Waals surface area contributed by atoms with E-state index in [1.807, 2.05) is 45.9 Å². The molecular weight excluding hydrogens is 300 g/mol. The third kappa shape index (κ3) is 5.33. The first-order valence-electron chi connectivity index (χ1n) is 7.43. The highest BCUT2D eigenvalue weighted by Gasteiger charge is 2.21. The first-order chi connectivity index (χ1) is 10.1. The Morgan fingerprint density at radius 3 is 2.23 bits per heavy atom. The van der Waals surface area contributed by atoms with Crippen LogP contribution in [0.2, 0.25) is 0 Å². The summed E-state index contributed by atoms with van der Waals surface area (Å²) in [7, 11) is -3.44. The van der Waals surface area contributed by atoms with E-state index in [0.29, 0.717) is 18.2 Å². The standard InChI is InChI=1S/C16H26N2O3S/c1-12(2)11-17-15(19)9-10-18(22(5,20)21)16-13(3)7-6-8-14(16)4/h6-8,12H,9-11H2,1-5H3,(H,17,19). The van der Waals surface area contributed by atoms with Gasteiger partial charge in [0, 0.05) is 19.5 Å². The van der Waals surface area contributed by atoms with Crippen molar-refractivity contribution in [3.05, 3.63) is 29.3 Å². The first kappa shape index (κ1) is 18.5. The number of hydrogen-bond acceptors (Lipinski definition) is 3. The maximum Gasteiger partial charge on any atom is 0.232 e. The number of carbonyl (C=O) groups is 1. The quantitative estimate of drug-likeness (QED) is 0.835. The summed E-state index contributed by atoms with van der Waals surface area (Å²) < 4.78 is 25.5. The summed E-state index contributed by atoms with van der Waals surface area (Å²) in [4.78, 5) is 11.8. The van der Waals surface area contributed by atoms with Gasteiger partial charge in [-0.1, -0.05) is 32.0 Å². The number of hydrogen-bond donors (Lipinski definition) is 1. The second kappa shape index (κ2) is 7.63. The minimum Gasteiger partial charge on any atom is -0.356 e. The maximum absolute atomic E-state index is 12.1. The minimum atomic E-state index is -3.44. The number of rotatable bonds is 7. The largest absolute Gasteiger partial charge is 0.356 e. The second-order valence-electron chi connectivity index (χ2n) is 6.02. The van der Waals surface area contributed by atoms with E-state index >= 15 is 0 Å². The molecule has 1 rings (SSSR count). The predicted octanol–water partition coefficient (Wildman–Crippen LogP) is 2.23. The van der Waals surface area contributed by atoms with Crippen molar-refractivity contribution in [3.8, 4) is 0 Å². The van der Waals surface area contributed by atoms with Gasteiger partial charge in [0.05, 0.1) is 11.9 Å². The molecule has 1 amide bonds. The van der Waals surface area contributed by atoms with Crippen LogP contribution in [0.4, 0.5) is 5.69 Å². The molecule has 0 saturated carbocycles. The Kier molecular flexibility index (Phi) is 6.41. The summed E-state index contributed by atoms with van der Waals surface area (Å²) in [6, 6.07) is 5.64. The van der Waals surface area contributed by atoms with Gasteiger partial charge in [0.15, 0.2) is 0 Å². The van der Waals surface area contributed by atoms with Gasteiger partial charge in [0.2, 0.25) is 15.9 Å². The Labute approximate surface area is 133 Å². The van der Waals surface area contributed by atoms with Gasteiger partial charge in [-0.25, -0.2) is 8.42 Å². The van der Waals surface area contributed by atoms with E-state index in [2.05, 4.69) is 5.32 Å². The van der Waals surface area contributed by atoms with Crippen molar-refractivity contribution in [1.82, 2.24) is 5.32 Å². The zero-order chi connectivity index (χ0) is 16.9. The van der Waals surface area contributed by atoms with Crippen LogP contribution in [0.1, 0.15) is 31.4 Å². The molecule has 1 N–H and O–H groups in total. The lowest BCUT2D eigenvalue weighted by atomic mass is 10.1. The number of amides is 1. The Morgan fingerprint density at radius 2 is 1.77 bits per heavy atom. The van der Waals surface area contributed by atoms with Gasteiger partial charge >= 0.3 is 0 Å². The van der Waals surface area contributed by atoms with Crippen LogP contribution in [-0.2, 0) is 14.8 Å². The summed E-state index contributed by atoms with van der Waals surface area (Å²) >= 11 is 0. The summed E-state index contributed by atoms with van der Waals surface area (Å²) in [6.07, 6.45) is 1.32. The van der Waals surface area contributed by atoms with Crippen molar-refractivity contribution in [2.24, 2.45) is 5.92 Å². The summed E-state index contributed by atoms with van der Waals surface area (Å²) in [5, 5.41) is 2.81. The van der Waals surface area contributed by atoms with Gasteiger partial charge in [-0.05, 0) is 30.9 Å². The zero-order valence-corrected chi connectivity index (χ0v) is 14.8. The highest BCUT2D eigenvalue weighted by Crippen LogP contribution is 2.26. The van der Waals surface area contributed by atoms with E-state index in [1.54, 1.807) is 0 Å². The lowest BCUT2D eigenvalue weighted by molar-refractivity contribution is -0.121. The average Bonchev–Trinajstić information content (AvgIpc) is 2.38. The number of carbonyl (C=O) groups excluding carboxylic acids is 1. The fraction of sp³-hybridized carbons (Fsp3) is 0.562. The fourth-order valence-corrected chi connectivity index (χ4v) is 3.29. The van der Waals surface area contributed by atoms with Crippen LogP contribution in [0.15, 0.2) is 18.2 Å². The fourth-order valence-electron chi connectivity index (χ4n) is 2.25. The van der Waals surface area contributed by atoms with Crippen molar-refractivity contribution in [1.29, 1.82) is 0 Å². The van der Waals surface area contributed by atoms with Crippen molar-refractivity contribution in [3.63, 3.8) is 0 Å². The maximum atomic E-state index is 12.1. The lowest BCUT2D eigenvalue weighted by Crippen LogP contribution is -2.36. The molecule has 0 aromatic heterocycles. The van der Waals surface area contributed by atoms with E-state index in [9.17, 15) is 13.2 Å². The van der Waals surface area contributed by atoms with E-state index in [0.717, 1.165) is 11.1 Å². The number of benzene rings is 1. The summed E-state index contributed by atoms with van der Waals surface area (Å²) in [5.41, 5.74) is 2.43. The topological polar surface area (TPSA) is 66.5 Å². The van der Waals surface area contributed by atoms with Gasteiger partial charge in [-0.15, -0.1) is 0 Å². The van der Waals surface area contributed by atoms with Crippen LogP contribution in [0.5, 0.6) is 0 Å². The monoisotopic (exact) mass is 326 g/mol. The molecule has 0 unspecified atom stereocenters. The van der Waals surface area contributed by atoms with Crippen LogP contribution in [-0.4, -0.2) is 33.7 Å². The predicted molar refractivity (Wildman–Crippen MR) is 90.6 cm³/mol. The molecule has 0 radical (unpaired) electrons. The molecule has 6 heteroatoms. The van der Waals surface area contributed by atoms with Crippen molar-refractivity contribution in [2.75, 3.05) is 23.7 Å². The third-order valence-corrected chi connectivity index (χ3v) is 4.50. The van der Waals surface area contributed by atoms with E-state index in [4.69, 9.17) is 0 Å². The van der Waals surface area contributed by atoms with Gasteiger partial charge in [-0.2, -0.15) is 0 Å². The molecule has 124 valence electrons. The molecule has 0 atom stereocenters. The Balaban J connectivity index is 2.91. The molecule has 0 saturated heterocycles. The normalized spacial score (nSPS) is 11.5. The molecular formula is C16H26N2O3S. The Morgan fingerprint density at radius 1 is 1.23 bits per heavy atom. The molecule has 0 aliphatic rings. The van der Waals surface area contributed by atoms with Crippen molar-refractivity contribution >= 4 is 21.6 Å². The van der Waals surface area contributed by atoms with E-state index < -0.39 is 10.0 Å². The number of para-hydroxylation sites is 1. The third-order valence-electron chi connectivity index (χ3n) is 3.34. The Bertz CT molecular complexity index is 604. The molecule has 0 aliphatic heterocycles. The second-order valence-corrected chi connectivity index (χ2v) is 7.93. The zero-order valence-electron chi connectivity index (χ0n) is 14.0. The number of anilines is 1. The molecule has 0 bridgehead atoms. The molecule has 1 aromatic carbocycles. The molecule has 0 heterocycles. The van der Waals surface area contributed by atoms with Gasteiger partial charge < -0.3 is 5.32 Å². The van der Waals surface area contributed by atoms with Crippen LogP contribution in [0, 0.1) is 19.8 Å². The van der Waals surface area contributed by atoms with Crippen LogP contribution < -0.4 is 9.62 Å². The van der Waals surface area contributed by atoms with Gasteiger partial charge in [-0.3, -0.25) is 9.10 Å². The lowest BCUT2D eigenvalue weighted by Gasteiger charge is -2.25. The van der Waals surface area contributed by atoms with E-state index in [-0.39, 0.29) is 18.9 Å². The molecule has 22 heavy (non-hydrogen) atoms. The number of aryl methyl sites for hydroxylation is 2.